The third-order valence-corrected chi connectivity index (χ3v) is 5.38. The van der Waals surface area contributed by atoms with Crippen LogP contribution in [0.1, 0.15) is 17.5 Å². The molecule has 3 N–H and O–H groups in total. The van der Waals surface area contributed by atoms with Gasteiger partial charge in [0.1, 0.15) is 0 Å². The molecule has 0 bridgehead atoms. The van der Waals surface area contributed by atoms with Crippen molar-refractivity contribution in [2.24, 2.45) is 5.73 Å². The highest BCUT2D eigenvalue weighted by atomic mass is 32.2. The van der Waals surface area contributed by atoms with Gasteiger partial charge in [-0.1, -0.05) is 30.3 Å². The second-order valence-corrected chi connectivity index (χ2v) is 7.66. The minimum absolute atomic E-state index is 0.0934. The van der Waals surface area contributed by atoms with Crippen molar-refractivity contribution in [2.75, 3.05) is 28.8 Å². The van der Waals surface area contributed by atoms with E-state index >= 15 is 0 Å². The smallest absolute Gasteiger partial charge is 0.241 e. The lowest BCUT2D eigenvalue weighted by Gasteiger charge is -2.17. The third kappa shape index (κ3) is 4.90. The molecule has 0 radical (unpaired) electrons. The van der Waals surface area contributed by atoms with Gasteiger partial charge in [0.25, 0.3) is 0 Å². The van der Waals surface area contributed by atoms with Gasteiger partial charge in [0.2, 0.25) is 11.8 Å². The van der Waals surface area contributed by atoms with Crippen molar-refractivity contribution in [3.8, 4) is 0 Å². The Balaban J connectivity index is 1.56. The summed E-state index contributed by atoms with van der Waals surface area (Å²) in [6.45, 7) is 0.736. The third-order valence-electron chi connectivity index (χ3n) is 4.73. The summed E-state index contributed by atoms with van der Waals surface area (Å²) in [6.07, 6.45) is 3.89. The monoisotopic (exact) mass is 383 g/mol. The number of hydrogen-bond donors (Lipinski definition) is 2. The zero-order chi connectivity index (χ0) is 19.2. The van der Waals surface area contributed by atoms with Crippen molar-refractivity contribution < 1.29 is 9.59 Å². The van der Waals surface area contributed by atoms with E-state index in [9.17, 15) is 9.59 Å². The molecule has 0 aromatic heterocycles. The molecule has 3 rings (SSSR count). The molecule has 27 heavy (non-hydrogen) atoms. The number of hydrogen-bond acceptors (Lipinski definition) is 4. The largest absolute Gasteiger partial charge is 0.325 e. The maximum absolute atomic E-state index is 12.7. The fourth-order valence-corrected chi connectivity index (χ4v) is 3.67. The summed E-state index contributed by atoms with van der Waals surface area (Å²) >= 11 is 1.67. The van der Waals surface area contributed by atoms with Crippen LogP contribution in [0.15, 0.2) is 48.5 Å². The van der Waals surface area contributed by atoms with Crippen LogP contribution < -0.4 is 16.0 Å². The number of nitrogens with zero attached hydrogens (tertiary/aromatic N) is 1. The lowest BCUT2D eigenvalue weighted by molar-refractivity contribution is -0.118. The van der Waals surface area contributed by atoms with Crippen LogP contribution in [-0.2, 0) is 22.4 Å². The lowest BCUT2D eigenvalue weighted by Crippen LogP contribution is -2.36. The summed E-state index contributed by atoms with van der Waals surface area (Å²) in [6, 6.07) is 14.9. The van der Waals surface area contributed by atoms with E-state index < -0.39 is 6.04 Å². The minimum atomic E-state index is -0.506. The van der Waals surface area contributed by atoms with E-state index in [1.54, 1.807) is 11.8 Å². The number of amides is 2. The van der Waals surface area contributed by atoms with Gasteiger partial charge >= 0.3 is 0 Å². The minimum Gasteiger partial charge on any atom is -0.325 e. The first-order valence-corrected chi connectivity index (χ1v) is 10.5. The molecule has 2 amide bonds. The van der Waals surface area contributed by atoms with E-state index in [0.717, 1.165) is 30.0 Å². The molecule has 1 aliphatic rings. The molecule has 2 aromatic carbocycles. The van der Waals surface area contributed by atoms with Gasteiger partial charge in [0.15, 0.2) is 0 Å². The van der Waals surface area contributed by atoms with Gasteiger partial charge in [-0.15, -0.1) is 0 Å². The number of anilines is 2. The summed E-state index contributed by atoms with van der Waals surface area (Å²) in [4.78, 5) is 26.6. The number of fused-ring (bicyclic) bond motifs is 1. The quantitative estimate of drug-likeness (QED) is 0.771. The summed E-state index contributed by atoms with van der Waals surface area (Å²) in [5.41, 5.74) is 9.74. The van der Waals surface area contributed by atoms with Crippen molar-refractivity contribution in [2.45, 2.75) is 25.3 Å². The molecule has 0 unspecified atom stereocenters. The summed E-state index contributed by atoms with van der Waals surface area (Å²) in [5, 5.41) is 2.83. The van der Waals surface area contributed by atoms with Gasteiger partial charge in [-0.25, -0.2) is 0 Å². The maximum Gasteiger partial charge on any atom is 0.241 e. The Kier molecular flexibility index (Phi) is 6.53. The van der Waals surface area contributed by atoms with Crippen LogP contribution in [0.3, 0.4) is 0 Å². The standard InChI is InChI=1S/C21H25N3O2S/c1-27-13-11-18(22)21(26)23-17-8-6-15(7-9-17)14-20(25)24-12-10-16-4-2-3-5-19(16)24/h2-9,18H,10-14,22H2,1H3,(H,23,26)/t18-/m0/s1. The van der Waals surface area contributed by atoms with E-state index in [-0.39, 0.29) is 11.8 Å². The predicted molar refractivity (Wildman–Crippen MR) is 112 cm³/mol. The molecule has 0 fully saturated rings. The summed E-state index contributed by atoms with van der Waals surface area (Å²) < 4.78 is 0. The average molecular weight is 384 g/mol. The molecular formula is C21H25N3O2S. The van der Waals surface area contributed by atoms with E-state index in [1.807, 2.05) is 53.6 Å². The van der Waals surface area contributed by atoms with Gasteiger partial charge in [0.05, 0.1) is 12.5 Å². The Hall–Kier alpha value is -2.31. The molecule has 0 saturated carbocycles. The predicted octanol–water partition coefficient (Wildman–Crippen LogP) is 2.84. The Morgan fingerprint density at radius 3 is 2.67 bits per heavy atom. The van der Waals surface area contributed by atoms with Gasteiger partial charge in [0, 0.05) is 17.9 Å². The highest BCUT2D eigenvalue weighted by Gasteiger charge is 2.24. The van der Waals surface area contributed by atoms with Crippen LogP contribution in [0.25, 0.3) is 0 Å². The number of para-hydroxylation sites is 1. The first kappa shape index (κ1) is 19.5. The molecule has 1 aliphatic heterocycles. The molecule has 0 saturated heterocycles. The van der Waals surface area contributed by atoms with E-state index in [2.05, 4.69) is 11.4 Å². The molecule has 1 atom stereocenters. The van der Waals surface area contributed by atoms with Crippen LogP contribution in [0.5, 0.6) is 0 Å². The second kappa shape index (κ2) is 9.06. The summed E-state index contributed by atoms with van der Waals surface area (Å²) in [7, 11) is 0. The van der Waals surface area contributed by atoms with Crippen molar-refractivity contribution in [1.29, 1.82) is 0 Å². The zero-order valence-electron chi connectivity index (χ0n) is 15.5. The number of rotatable bonds is 7. The van der Waals surface area contributed by atoms with Crippen LogP contribution >= 0.6 is 11.8 Å². The van der Waals surface area contributed by atoms with Gasteiger partial charge in [-0.3, -0.25) is 9.59 Å². The Morgan fingerprint density at radius 2 is 1.93 bits per heavy atom. The fraction of sp³-hybridized carbons (Fsp3) is 0.333. The second-order valence-electron chi connectivity index (χ2n) is 6.68. The number of thioether (sulfide) groups is 1. The first-order valence-electron chi connectivity index (χ1n) is 9.11. The van der Waals surface area contributed by atoms with E-state index in [1.165, 1.54) is 5.56 Å². The fourth-order valence-electron chi connectivity index (χ4n) is 3.18. The Morgan fingerprint density at radius 1 is 1.19 bits per heavy atom. The van der Waals surface area contributed by atoms with Crippen LogP contribution in [0.4, 0.5) is 11.4 Å². The lowest BCUT2D eigenvalue weighted by atomic mass is 10.1. The zero-order valence-corrected chi connectivity index (χ0v) is 16.3. The molecule has 5 nitrogen and oxygen atoms in total. The maximum atomic E-state index is 12.7. The number of carbonyl (C=O) groups excluding carboxylic acids is 2. The van der Waals surface area contributed by atoms with Crippen LogP contribution in [-0.4, -0.2) is 36.4 Å². The normalized spacial score (nSPS) is 13.9. The highest BCUT2D eigenvalue weighted by Crippen LogP contribution is 2.28. The van der Waals surface area contributed by atoms with Gasteiger partial charge in [-0.2, -0.15) is 11.8 Å². The van der Waals surface area contributed by atoms with E-state index in [4.69, 9.17) is 5.73 Å². The first-order chi connectivity index (χ1) is 13.1. The molecule has 0 spiro atoms. The van der Waals surface area contributed by atoms with Crippen molar-refractivity contribution in [1.82, 2.24) is 0 Å². The van der Waals surface area contributed by atoms with Gasteiger partial charge < -0.3 is 16.0 Å². The topological polar surface area (TPSA) is 75.4 Å². The van der Waals surface area contributed by atoms with Crippen LogP contribution in [0.2, 0.25) is 0 Å². The average Bonchev–Trinajstić information content (AvgIpc) is 3.11. The highest BCUT2D eigenvalue weighted by molar-refractivity contribution is 7.98. The molecule has 6 heteroatoms. The number of nitrogens with two attached hydrogens (primary N) is 1. The summed E-state index contributed by atoms with van der Waals surface area (Å²) in [5.74, 6) is 0.771. The molecular weight excluding hydrogens is 358 g/mol. The number of carbonyl (C=O) groups is 2. The van der Waals surface area contributed by atoms with E-state index in [0.29, 0.717) is 18.5 Å². The number of nitrogens with one attached hydrogen (secondary N) is 1. The molecule has 0 aliphatic carbocycles. The number of benzene rings is 2. The van der Waals surface area contributed by atoms with Crippen LogP contribution in [0, 0.1) is 0 Å². The Bertz CT molecular complexity index is 807. The van der Waals surface area contributed by atoms with Gasteiger partial charge in [-0.05, 0) is 54.2 Å². The SMILES string of the molecule is CSCC[C@H](N)C(=O)Nc1ccc(CC(=O)N2CCc3ccccc32)cc1. The van der Waals surface area contributed by atoms with Crippen molar-refractivity contribution >= 4 is 35.0 Å². The van der Waals surface area contributed by atoms with Crippen molar-refractivity contribution in [3.63, 3.8) is 0 Å². The van der Waals surface area contributed by atoms with Crippen molar-refractivity contribution in [3.05, 3.63) is 59.7 Å². The Labute approximate surface area is 164 Å². The molecule has 142 valence electrons. The molecule has 1 heterocycles. The molecule has 2 aromatic rings.